The van der Waals surface area contributed by atoms with Crippen LogP contribution in [-0.4, -0.2) is 21.7 Å². The predicted molar refractivity (Wildman–Crippen MR) is 49.2 cm³/mol. The molecular formula is C9H11N3O2. The van der Waals surface area contributed by atoms with Crippen molar-refractivity contribution in [2.24, 2.45) is 0 Å². The lowest BCUT2D eigenvalue weighted by Gasteiger charge is -2.01. The number of ketones is 1. The molecule has 1 heterocycles. The van der Waals surface area contributed by atoms with Gasteiger partial charge in [-0.05, 0) is 13.0 Å². The van der Waals surface area contributed by atoms with Crippen LogP contribution >= 0.6 is 0 Å². The standard InChI is InChI=1S/C9H11N3O2/c1-7(13)4-9(14)11-5-8-2-3-10-6-12-8/h2-3,6H,4-5H2,1H3,(H,11,14). The van der Waals surface area contributed by atoms with Crippen molar-refractivity contribution >= 4 is 11.7 Å². The van der Waals surface area contributed by atoms with Crippen LogP contribution in [0.2, 0.25) is 0 Å². The first-order chi connectivity index (χ1) is 6.68. The first kappa shape index (κ1) is 10.3. The Bertz CT molecular complexity index is 324. The third-order valence-corrected chi connectivity index (χ3v) is 1.52. The van der Waals surface area contributed by atoms with Gasteiger partial charge in [-0.1, -0.05) is 0 Å². The van der Waals surface area contributed by atoms with E-state index in [1.54, 1.807) is 12.3 Å². The highest BCUT2D eigenvalue weighted by molar-refractivity contribution is 5.96. The number of Topliss-reactive ketones (excluding diaryl/α,β-unsaturated/α-hetero) is 1. The zero-order chi connectivity index (χ0) is 10.4. The molecule has 0 spiro atoms. The van der Waals surface area contributed by atoms with Gasteiger partial charge in [-0.25, -0.2) is 9.97 Å². The van der Waals surface area contributed by atoms with E-state index in [1.165, 1.54) is 13.3 Å². The van der Waals surface area contributed by atoms with Crippen molar-refractivity contribution in [3.63, 3.8) is 0 Å². The Balaban J connectivity index is 2.34. The topological polar surface area (TPSA) is 72.0 Å². The van der Waals surface area contributed by atoms with Crippen molar-refractivity contribution in [2.75, 3.05) is 0 Å². The molecule has 1 amide bonds. The largest absolute Gasteiger partial charge is 0.350 e. The van der Waals surface area contributed by atoms with Gasteiger partial charge in [-0.3, -0.25) is 9.59 Å². The van der Waals surface area contributed by atoms with E-state index in [0.717, 1.165) is 5.69 Å². The molecule has 1 aromatic heterocycles. The fraction of sp³-hybridized carbons (Fsp3) is 0.333. The molecule has 0 aliphatic rings. The highest BCUT2D eigenvalue weighted by atomic mass is 16.2. The molecule has 0 unspecified atom stereocenters. The summed E-state index contributed by atoms with van der Waals surface area (Å²) in [4.78, 5) is 29.3. The average molecular weight is 193 g/mol. The molecule has 5 nitrogen and oxygen atoms in total. The maximum atomic E-state index is 11.1. The molecule has 0 fully saturated rings. The summed E-state index contributed by atoms with van der Waals surface area (Å²) < 4.78 is 0. The molecule has 0 atom stereocenters. The van der Waals surface area contributed by atoms with Crippen molar-refractivity contribution in [3.05, 3.63) is 24.3 Å². The second-order valence-electron chi connectivity index (χ2n) is 2.86. The van der Waals surface area contributed by atoms with Gasteiger partial charge in [0, 0.05) is 6.20 Å². The molecular weight excluding hydrogens is 182 g/mol. The van der Waals surface area contributed by atoms with Gasteiger partial charge in [0.25, 0.3) is 0 Å². The van der Waals surface area contributed by atoms with Crippen molar-refractivity contribution in [3.8, 4) is 0 Å². The second kappa shape index (κ2) is 5.06. The number of carbonyl (C=O) groups excluding carboxylic acids is 2. The molecule has 0 saturated heterocycles. The minimum atomic E-state index is -0.281. The highest BCUT2D eigenvalue weighted by Gasteiger charge is 2.04. The van der Waals surface area contributed by atoms with Gasteiger partial charge >= 0.3 is 0 Å². The van der Waals surface area contributed by atoms with Crippen LogP contribution < -0.4 is 5.32 Å². The Hall–Kier alpha value is -1.78. The van der Waals surface area contributed by atoms with Crippen molar-refractivity contribution in [2.45, 2.75) is 19.9 Å². The maximum Gasteiger partial charge on any atom is 0.227 e. The molecule has 74 valence electrons. The SMILES string of the molecule is CC(=O)CC(=O)NCc1ccncn1. The monoisotopic (exact) mass is 193 g/mol. The lowest BCUT2D eigenvalue weighted by atomic mass is 10.3. The summed E-state index contributed by atoms with van der Waals surface area (Å²) in [6.07, 6.45) is 2.93. The van der Waals surface area contributed by atoms with Gasteiger partial charge < -0.3 is 5.32 Å². The van der Waals surface area contributed by atoms with Crippen LogP contribution in [0.3, 0.4) is 0 Å². The average Bonchev–Trinajstić information content (AvgIpc) is 2.15. The van der Waals surface area contributed by atoms with Gasteiger partial charge in [0.05, 0.1) is 18.7 Å². The Labute approximate surface area is 81.6 Å². The number of carbonyl (C=O) groups is 2. The fourth-order valence-electron chi connectivity index (χ4n) is 0.900. The van der Waals surface area contributed by atoms with Gasteiger partial charge in [-0.15, -0.1) is 0 Å². The molecule has 1 N–H and O–H groups in total. The zero-order valence-corrected chi connectivity index (χ0v) is 7.86. The Morgan fingerprint density at radius 1 is 1.50 bits per heavy atom. The van der Waals surface area contributed by atoms with E-state index in [9.17, 15) is 9.59 Å². The minimum absolute atomic E-state index is 0.0783. The number of hydrogen-bond donors (Lipinski definition) is 1. The lowest BCUT2D eigenvalue weighted by Crippen LogP contribution is -2.24. The molecule has 0 aliphatic carbocycles. The smallest absolute Gasteiger partial charge is 0.227 e. The van der Waals surface area contributed by atoms with E-state index < -0.39 is 0 Å². The van der Waals surface area contributed by atoms with E-state index in [-0.39, 0.29) is 18.1 Å². The van der Waals surface area contributed by atoms with Crippen LogP contribution in [0.5, 0.6) is 0 Å². The first-order valence-electron chi connectivity index (χ1n) is 4.19. The van der Waals surface area contributed by atoms with E-state index in [0.29, 0.717) is 6.54 Å². The number of nitrogens with zero attached hydrogens (tertiary/aromatic N) is 2. The summed E-state index contributed by atoms with van der Waals surface area (Å²) in [7, 11) is 0. The summed E-state index contributed by atoms with van der Waals surface area (Å²) >= 11 is 0. The molecule has 0 bridgehead atoms. The van der Waals surface area contributed by atoms with Crippen LogP contribution in [0.15, 0.2) is 18.6 Å². The maximum absolute atomic E-state index is 11.1. The molecule has 0 saturated carbocycles. The highest BCUT2D eigenvalue weighted by Crippen LogP contribution is 1.90. The number of nitrogens with one attached hydrogen (secondary N) is 1. The molecule has 5 heteroatoms. The number of hydrogen-bond acceptors (Lipinski definition) is 4. The second-order valence-corrected chi connectivity index (χ2v) is 2.86. The quantitative estimate of drug-likeness (QED) is 0.687. The van der Waals surface area contributed by atoms with Crippen LogP contribution in [0, 0.1) is 0 Å². The van der Waals surface area contributed by atoms with Crippen LogP contribution in [0.1, 0.15) is 19.0 Å². The van der Waals surface area contributed by atoms with Gasteiger partial charge in [0.15, 0.2) is 0 Å². The van der Waals surface area contributed by atoms with Crippen LogP contribution in [0.25, 0.3) is 0 Å². The number of rotatable bonds is 4. The Morgan fingerprint density at radius 3 is 2.86 bits per heavy atom. The third kappa shape index (κ3) is 3.75. The summed E-state index contributed by atoms with van der Waals surface area (Å²) in [5.74, 6) is -0.429. The molecule has 1 aromatic rings. The van der Waals surface area contributed by atoms with Gasteiger partial charge in [0.1, 0.15) is 12.1 Å². The fourth-order valence-corrected chi connectivity index (χ4v) is 0.900. The summed E-state index contributed by atoms with van der Waals surface area (Å²) in [6, 6.07) is 1.70. The van der Waals surface area contributed by atoms with Crippen molar-refractivity contribution in [1.82, 2.24) is 15.3 Å². The molecule has 0 aromatic carbocycles. The normalized spacial score (nSPS) is 9.50. The van der Waals surface area contributed by atoms with Crippen LogP contribution in [0.4, 0.5) is 0 Å². The van der Waals surface area contributed by atoms with E-state index >= 15 is 0 Å². The molecule has 1 rings (SSSR count). The zero-order valence-electron chi connectivity index (χ0n) is 7.86. The van der Waals surface area contributed by atoms with Crippen molar-refractivity contribution in [1.29, 1.82) is 0 Å². The number of aromatic nitrogens is 2. The van der Waals surface area contributed by atoms with Crippen molar-refractivity contribution < 1.29 is 9.59 Å². The van der Waals surface area contributed by atoms with E-state index in [2.05, 4.69) is 15.3 Å². The molecule has 0 radical (unpaired) electrons. The molecule has 14 heavy (non-hydrogen) atoms. The number of amides is 1. The van der Waals surface area contributed by atoms with Crippen LogP contribution in [-0.2, 0) is 16.1 Å². The Morgan fingerprint density at radius 2 is 2.29 bits per heavy atom. The Kier molecular flexibility index (Phi) is 3.72. The minimum Gasteiger partial charge on any atom is -0.350 e. The van der Waals surface area contributed by atoms with E-state index in [1.807, 2.05) is 0 Å². The lowest BCUT2D eigenvalue weighted by molar-refractivity contribution is -0.127. The predicted octanol–water partition coefficient (Wildman–Crippen LogP) is 0.0719. The summed E-state index contributed by atoms with van der Waals surface area (Å²) in [5.41, 5.74) is 0.719. The summed E-state index contributed by atoms with van der Waals surface area (Å²) in [6.45, 7) is 1.71. The van der Waals surface area contributed by atoms with E-state index in [4.69, 9.17) is 0 Å². The summed E-state index contributed by atoms with van der Waals surface area (Å²) in [5, 5.41) is 2.58. The first-order valence-corrected chi connectivity index (χ1v) is 4.19. The van der Waals surface area contributed by atoms with Gasteiger partial charge in [-0.2, -0.15) is 0 Å². The molecule has 0 aliphatic heterocycles. The van der Waals surface area contributed by atoms with Gasteiger partial charge in [0.2, 0.25) is 5.91 Å². The third-order valence-electron chi connectivity index (χ3n) is 1.52.